The maximum atomic E-state index is 13.0. The van der Waals surface area contributed by atoms with Crippen molar-refractivity contribution in [1.29, 1.82) is 0 Å². The first-order valence-electron chi connectivity index (χ1n) is 11.6. The zero-order chi connectivity index (χ0) is 23.1. The van der Waals surface area contributed by atoms with Crippen LogP contribution in [0, 0.1) is 0 Å². The molecule has 4 aromatic rings. The van der Waals surface area contributed by atoms with Gasteiger partial charge in [-0.25, -0.2) is 14.8 Å². The summed E-state index contributed by atoms with van der Waals surface area (Å²) in [6.45, 7) is 4.68. The van der Waals surface area contributed by atoms with Crippen molar-refractivity contribution < 1.29 is 4.74 Å². The van der Waals surface area contributed by atoms with E-state index in [0.29, 0.717) is 40.8 Å². The Morgan fingerprint density at radius 1 is 0.971 bits per heavy atom. The van der Waals surface area contributed by atoms with Crippen LogP contribution >= 0.6 is 0 Å². The average Bonchev–Trinajstić information content (AvgIpc) is 2.89. The van der Waals surface area contributed by atoms with E-state index < -0.39 is 11.2 Å². The Labute approximate surface area is 194 Å². The molecule has 34 heavy (non-hydrogen) atoms. The van der Waals surface area contributed by atoms with Crippen LogP contribution in [0.25, 0.3) is 33.2 Å². The summed E-state index contributed by atoms with van der Waals surface area (Å²) in [6.07, 6.45) is 4.95. The van der Waals surface area contributed by atoms with E-state index in [4.69, 9.17) is 9.72 Å². The summed E-state index contributed by atoms with van der Waals surface area (Å²) >= 11 is 0. The summed E-state index contributed by atoms with van der Waals surface area (Å²) in [5.41, 5.74) is 2.47. The van der Waals surface area contributed by atoms with Gasteiger partial charge >= 0.3 is 5.69 Å². The highest BCUT2D eigenvalue weighted by molar-refractivity contribution is 6.01. The van der Waals surface area contributed by atoms with Gasteiger partial charge < -0.3 is 15.0 Å². The molecule has 6 heterocycles. The number of nitrogens with zero attached hydrogens (tertiary/aromatic N) is 5. The van der Waals surface area contributed by atoms with E-state index in [1.54, 1.807) is 4.57 Å². The van der Waals surface area contributed by atoms with Crippen LogP contribution in [0.15, 0.2) is 46.2 Å². The van der Waals surface area contributed by atoms with Crippen LogP contribution in [-0.4, -0.2) is 63.9 Å². The minimum atomic E-state index is -0.441. The number of hydrogen-bond acceptors (Lipinski definition) is 8. The molecule has 2 N–H and O–H groups in total. The number of ether oxygens (including phenoxy) is 1. The topological polar surface area (TPSA) is 118 Å². The Balaban J connectivity index is 1.49. The van der Waals surface area contributed by atoms with Crippen LogP contribution in [0.2, 0.25) is 0 Å². The first-order chi connectivity index (χ1) is 16.7. The van der Waals surface area contributed by atoms with Crippen LogP contribution < -0.4 is 21.5 Å². The van der Waals surface area contributed by atoms with Crippen molar-refractivity contribution in [3.05, 3.63) is 57.5 Å². The molecule has 10 heteroatoms. The number of pyridine rings is 3. The Bertz CT molecular complexity index is 1470. The predicted octanol–water partition coefficient (Wildman–Crippen LogP) is 1.46. The number of aromatic amines is 1. The molecule has 0 bridgehead atoms. The van der Waals surface area contributed by atoms with E-state index in [1.165, 1.54) is 6.20 Å². The molecule has 2 aliphatic heterocycles. The summed E-state index contributed by atoms with van der Waals surface area (Å²) in [6, 6.07) is 7.75. The molecular weight excluding hydrogens is 434 g/mol. The lowest BCUT2D eigenvalue weighted by atomic mass is 10.1. The molecule has 0 aromatic carbocycles. The molecule has 0 unspecified atom stereocenters. The molecule has 0 spiro atoms. The van der Waals surface area contributed by atoms with Gasteiger partial charge in [-0.05, 0) is 50.2 Å². The molecule has 0 aliphatic carbocycles. The van der Waals surface area contributed by atoms with E-state index in [2.05, 4.69) is 25.2 Å². The summed E-state index contributed by atoms with van der Waals surface area (Å²) in [7, 11) is 0. The van der Waals surface area contributed by atoms with Gasteiger partial charge in [0.15, 0.2) is 0 Å². The van der Waals surface area contributed by atoms with Crippen molar-refractivity contribution in [2.45, 2.75) is 18.9 Å². The van der Waals surface area contributed by atoms with Gasteiger partial charge in [-0.2, -0.15) is 0 Å². The van der Waals surface area contributed by atoms with Crippen LogP contribution in [0.5, 0.6) is 0 Å². The molecule has 0 atom stereocenters. The van der Waals surface area contributed by atoms with Gasteiger partial charge in [0.1, 0.15) is 11.3 Å². The third-order valence-corrected chi connectivity index (χ3v) is 6.66. The van der Waals surface area contributed by atoms with Crippen LogP contribution in [0.4, 0.5) is 5.82 Å². The molecule has 2 aliphatic rings. The number of aromatic nitrogens is 5. The standard InChI is InChI=1S/C24H25N7O3/c32-23-17-14-26-19-3-2-18(15-1-4-20(27-13-15)30-9-11-34-12-10-30)28-21(19)22(17)31(24(33)29-23)16-5-7-25-8-6-16/h1-4,13-14,16,25H,5-12H2,(H,29,32,33). The fraction of sp³-hybridized carbons (Fsp3) is 0.375. The number of fused-ring (bicyclic) bond motifs is 3. The minimum Gasteiger partial charge on any atom is -0.378 e. The largest absolute Gasteiger partial charge is 0.378 e. The lowest BCUT2D eigenvalue weighted by molar-refractivity contribution is 0.122. The first-order valence-corrected chi connectivity index (χ1v) is 11.6. The molecule has 0 radical (unpaired) electrons. The maximum Gasteiger partial charge on any atom is 0.329 e. The van der Waals surface area contributed by atoms with Gasteiger partial charge in [-0.15, -0.1) is 0 Å². The van der Waals surface area contributed by atoms with E-state index in [-0.39, 0.29) is 6.04 Å². The summed E-state index contributed by atoms with van der Waals surface area (Å²) in [5, 5.41) is 3.70. The molecule has 6 rings (SSSR count). The van der Waals surface area contributed by atoms with Crippen molar-refractivity contribution in [2.75, 3.05) is 44.3 Å². The highest BCUT2D eigenvalue weighted by atomic mass is 16.5. The van der Waals surface area contributed by atoms with Crippen LogP contribution in [0.3, 0.4) is 0 Å². The average molecular weight is 460 g/mol. The third-order valence-electron chi connectivity index (χ3n) is 6.66. The molecule has 10 nitrogen and oxygen atoms in total. The number of piperidine rings is 1. The number of H-pyrrole nitrogens is 1. The Morgan fingerprint density at radius 3 is 2.56 bits per heavy atom. The van der Waals surface area contributed by atoms with Gasteiger partial charge in [0.05, 0.1) is 35.3 Å². The van der Waals surface area contributed by atoms with Gasteiger partial charge in [0, 0.05) is 37.1 Å². The Morgan fingerprint density at radius 2 is 1.79 bits per heavy atom. The normalized spacial score (nSPS) is 17.5. The number of rotatable bonds is 3. The van der Waals surface area contributed by atoms with E-state index >= 15 is 0 Å². The molecule has 0 amide bonds. The fourth-order valence-electron chi connectivity index (χ4n) is 4.88. The smallest absolute Gasteiger partial charge is 0.329 e. The number of hydrogen-bond donors (Lipinski definition) is 2. The zero-order valence-corrected chi connectivity index (χ0v) is 18.7. The van der Waals surface area contributed by atoms with Gasteiger partial charge in [-0.3, -0.25) is 19.3 Å². The molecule has 2 fully saturated rings. The lowest BCUT2D eigenvalue weighted by Crippen LogP contribution is -2.38. The first kappa shape index (κ1) is 20.9. The monoisotopic (exact) mass is 459 g/mol. The third kappa shape index (κ3) is 3.64. The summed E-state index contributed by atoms with van der Waals surface area (Å²) in [4.78, 5) is 44.2. The highest BCUT2D eigenvalue weighted by Gasteiger charge is 2.22. The van der Waals surface area contributed by atoms with Crippen LogP contribution in [0.1, 0.15) is 18.9 Å². The predicted molar refractivity (Wildman–Crippen MR) is 129 cm³/mol. The number of anilines is 1. The van der Waals surface area contributed by atoms with E-state index in [9.17, 15) is 9.59 Å². The van der Waals surface area contributed by atoms with E-state index in [0.717, 1.165) is 50.4 Å². The SMILES string of the molecule is O=c1[nH]c(=O)n(C2CCNCC2)c2c1cnc1ccc(-c3ccc(N4CCOCC4)nc3)nc12. The van der Waals surface area contributed by atoms with Gasteiger partial charge in [0.25, 0.3) is 5.56 Å². The molecule has 2 saturated heterocycles. The quantitative estimate of drug-likeness (QED) is 0.442. The van der Waals surface area contributed by atoms with Crippen molar-refractivity contribution in [2.24, 2.45) is 0 Å². The fourth-order valence-corrected chi connectivity index (χ4v) is 4.88. The van der Waals surface area contributed by atoms with Crippen molar-refractivity contribution in [1.82, 2.24) is 29.8 Å². The minimum absolute atomic E-state index is 0.0152. The molecule has 0 saturated carbocycles. The van der Waals surface area contributed by atoms with Gasteiger partial charge in [0.2, 0.25) is 0 Å². The van der Waals surface area contributed by atoms with Crippen molar-refractivity contribution in [3.8, 4) is 11.3 Å². The molecule has 4 aromatic heterocycles. The van der Waals surface area contributed by atoms with Crippen molar-refractivity contribution >= 4 is 27.8 Å². The second-order valence-electron chi connectivity index (χ2n) is 8.70. The lowest BCUT2D eigenvalue weighted by Gasteiger charge is -2.27. The molecule has 174 valence electrons. The second-order valence-corrected chi connectivity index (χ2v) is 8.70. The van der Waals surface area contributed by atoms with Gasteiger partial charge in [-0.1, -0.05) is 0 Å². The highest BCUT2D eigenvalue weighted by Crippen LogP contribution is 2.28. The number of nitrogens with one attached hydrogen (secondary N) is 2. The maximum absolute atomic E-state index is 13.0. The Hall–Kier alpha value is -3.63. The Kier molecular flexibility index (Phi) is 5.31. The summed E-state index contributed by atoms with van der Waals surface area (Å²) < 4.78 is 7.13. The second kappa shape index (κ2) is 8.62. The van der Waals surface area contributed by atoms with E-state index in [1.807, 2.05) is 30.5 Å². The van der Waals surface area contributed by atoms with Crippen molar-refractivity contribution in [3.63, 3.8) is 0 Å². The van der Waals surface area contributed by atoms with Crippen LogP contribution in [-0.2, 0) is 4.74 Å². The number of morpholine rings is 1. The molecular formula is C24H25N7O3. The summed E-state index contributed by atoms with van der Waals surface area (Å²) in [5.74, 6) is 0.909. The zero-order valence-electron chi connectivity index (χ0n) is 18.7.